The molecule has 1 aromatic carbocycles. The molecular weight excluding hydrogens is 407 g/mol. The van der Waals surface area contributed by atoms with Crippen molar-refractivity contribution in [3.63, 3.8) is 0 Å². The van der Waals surface area contributed by atoms with Crippen molar-refractivity contribution < 1.29 is 9.50 Å². The monoisotopic (exact) mass is 440 g/mol. The second kappa shape index (κ2) is 11.6. The van der Waals surface area contributed by atoms with Crippen LogP contribution in [-0.2, 0) is 13.6 Å². The van der Waals surface area contributed by atoms with Crippen LogP contribution in [0.1, 0.15) is 49.9 Å². The molecule has 0 atom stereocenters. The van der Waals surface area contributed by atoms with Gasteiger partial charge in [-0.2, -0.15) is 0 Å². The summed E-state index contributed by atoms with van der Waals surface area (Å²) >= 11 is 0. The number of benzene rings is 1. The minimum Gasteiger partial charge on any atom is -0.503 e. The maximum absolute atomic E-state index is 13.3. The predicted octanol–water partition coefficient (Wildman–Crippen LogP) is 4.63. The first-order valence-corrected chi connectivity index (χ1v) is 11.3. The van der Waals surface area contributed by atoms with Gasteiger partial charge in [-0.15, -0.1) is 0 Å². The molecule has 0 aliphatic carbocycles. The average Bonchev–Trinajstić information content (AvgIpc) is 2.77. The van der Waals surface area contributed by atoms with E-state index >= 15 is 0 Å². The first kappa shape index (κ1) is 23.7. The van der Waals surface area contributed by atoms with E-state index in [0.717, 1.165) is 55.5 Å². The lowest BCUT2D eigenvalue weighted by molar-refractivity contribution is 0.444. The molecule has 3 rings (SSSR count). The fourth-order valence-electron chi connectivity index (χ4n) is 3.86. The van der Waals surface area contributed by atoms with E-state index in [2.05, 4.69) is 15.6 Å². The summed E-state index contributed by atoms with van der Waals surface area (Å²) in [5.74, 6) is -0.428. The molecule has 7 heteroatoms. The molecular formula is C25H33FN4O2. The zero-order chi connectivity index (χ0) is 22.9. The van der Waals surface area contributed by atoms with Crippen LogP contribution in [0.2, 0.25) is 0 Å². The summed E-state index contributed by atoms with van der Waals surface area (Å²) in [4.78, 5) is 16.0. The van der Waals surface area contributed by atoms with Crippen molar-refractivity contribution in [2.75, 3.05) is 18.4 Å². The van der Waals surface area contributed by atoms with Crippen molar-refractivity contribution >= 4 is 16.6 Å². The SMILES string of the molecule is Cc1cc(=O)c(O)c(CNCCCCCCCCNc2ccnc3cc(F)ccc23)n1C. The highest BCUT2D eigenvalue weighted by atomic mass is 19.1. The van der Waals surface area contributed by atoms with Gasteiger partial charge in [0.1, 0.15) is 5.82 Å². The third-order valence-corrected chi connectivity index (χ3v) is 5.87. The summed E-state index contributed by atoms with van der Waals surface area (Å²) in [7, 11) is 1.86. The first-order valence-electron chi connectivity index (χ1n) is 11.3. The van der Waals surface area contributed by atoms with E-state index in [1.165, 1.54) is 31.0 Å². The van der Waals surface area contributed by atoms with E-state index in [1.54, 1.807) is 12.3 Å². The first-order chi connectivity index (χ1) is 15.5. The van der Waals surface area contributed by atoms with Gasteiger partial charge >= 0.3 is 0 Å². The second-order valence-electron chi connectivity index (χ2n) is 8.25. The van der Waals surface area contributed by atoms with Crippen molar-refractivity contribution in [2.45, 2.75) is 52.0 Å². The number of nitrogens with one attached hydrogen (secondary N) is 2. The second-order valence-corrected chi connectivity index (χ2v) is 8.25. The number of hydrogen-bond donors (Lipinski definition) is 3. The van der Waals surface area contributed by atoms with Gasteiger partial charge < -0.3 is 20.3 Å². The molecule has 0 radical (unpaired) electrons. The van der Waals surface area contributed by atoms with Crippen LogP contribution < -0.4 is 16.1 Å². The molecule has 0 aliphatic rings. The Balaban J connectivity index is 1.26. The number of nitrogens with zero attached hydrogens (tertiary/aromatic N) is 2. The van der Waals surface area contributed by atoms with Crippen LogP contribution in [0.4, 0.5) is 10.1 Å². The molecule has 0 amide bonds. The molecule has 6 nitrogen and oxygen atoms in total. The Hall–Kier alpha value is -2.93. The summed E-state index contributed by atoms with van der Waals surface area (Å²) in [5, 5.41) is 17.7. The largest absolute Gasteiger partial charge is 0.503 e. The van der Waals surface area contributed by atoms with Gasteiger partial charge in [-0.3, -0.25) is 9.78 Å². The summed E-state index contributed by atoms with van der Waals surface area (Å²) in [6.45, 7) is 4.09. The number of aromatic nitrogens is 2. The lowest BCUT2D eigenvalue weighted by Gasteiger charge is -2.14. The van der Waals surface area contributed by atoms with Gasteiger partial charge in [0.05, 0.1) is 11.2 Å². The van der Waals surface area contributed by atoms with Gasteiger partial charge in [0.2, 0.25) is 5.43 Å². The van der Waals surface area contributed by atoms with Crippen LogP contribution in [0, 0.1) is 12.7 Å². The Morgan fingerprint density at radius 2 is 1.75 bits per heavy atom. The van der Waals surface area contributed by atoms with Gasteiger partial charge in [0.15, 0.2) is 5.75 Å². The molecule has 0 bridgehead atoms. The number of unbranched alkanes of at least 4 members (excludes halogenated alkanes) is 5. The molecule has 0 spiro atoms. The highest BCUT2D eigenvalue weighted by Crippen LogP contribution is 2.22. The maximum Gasteiger partial charge on any atom is 0.223 e. The van der Waals surface area contributed by atoms with Crippen LogP contribution in [0.15, 0.2) is 41.3 Å². The highest BCUT2D eigenvalue weighted by molar-refractivity contribution is 5.90. The van der Waals surface area contributed by atoms with Gasteiger partial charge in [0.25, 0.3) is 0 Å². The average molecular weight is 441 g/mol. The molecule has 3 N–H and O–H groups in total. The Morgan fingerprint density at radius 1 is 1.03 bits per heavy atom. The topological polar surface area (TPSA) is 79.2 Å². The van der Waals surface area contributed by atoms with E-state index in [1.807, 2.05) is 24.6 Å². The number of fused-ring (bicyclic) bond motifs is 1. The molecule has 3 aromatic rings. The van der Waals surface area contributed by atoms with Crippen LogP contribution in [-0.4, -0.2) is 27.7 Å². The van der Waals surface area contributed by atoms with Crippen molar-refractivity contribution in [3.05, 3.63) is 64.0 Å². The molecule has 0 saturated carbocycles. The van der Waals surface area contributed by atoms with E-state index in [0.29, 0.717) is 17.8 Å². The zero-order valence-electron chi connectivity index (χ0n) is 19.0. The van der Waals surface area contributed by atoms with Crippen LogP contribution >= 0.6 is 0 Å². The number of pyridine rings is 2. The molecule has 32 heavy (non-hydrogen) atoms. The molecule has 0 unspecified atom stereocenters. The normalized spacial score (nSPS) is 11.2. The van der Waals surface area contributed by atoms with Gasteiger partial charge in [0, 0.05) is 55.2 Å². The van der Waals surface area contributed by atoms with Gasteiger partial charge in [-0.05, 0) is 44.5 Å². The quantitative estimate of drug-likeness (QED) is 0.358. The predicted molar refractivity (Wildman–Crippen MR) is 128 cm³/mol. The molecule has 0 fully saturated rings. The minimum atomic E-state index is -0.321. The van der Waals surface area contributed by atoms with Crippen LogP contribution in [0.3, 0.4) is 0 Å². The number of aryl methyl sites for hydroxylation is 1. The van der Waals surface area contributed by atoms with Gasteiger partial charge in [-0.1, -0.05) is 25.7 Å². The number of anilines is 1. The number of halogens is 1. The zero-order valence-corrected chi connectivity index (χ0v) is 19.0. The fourth-order valence-corrected chi connectivity index (χ4v) is 3.86. The molecule has 0 saturated heterocycles. The molecule has 172 valence electrons. The maximum atomic E-state index is 13.3. The number of aromatic hydroxyl groups is 1. The molecule has 2 aromatic heterocycles. The van der Waals surface area contributed by atoms with Crippen molar-refractivity contribution in [2.24, 2.45) is 7.05 Å². The lowest BCUT2D eigenvalue weighted by Crippen LogP contribution is -2.21. The van der Waals surface area contributed by atoms with E-state index in [9.17, 15) is 14.3 Å². The Bertz CT molecular complexity index is 1100. The molecule has 0 aliphatic heterocycles. The Kier molecular flexibility index (Phi) is 8.62. The Labute approximate surface area is 188 Å². The summed E-state index contributed by atoms with van der Waals surface area (Å²) in [5.41, 5.74) is 2.82. The van der Waals surface area contributed by atoms with E-state index < -0.39 is 0 Å². The van der Waals surface area contributed by atoms with Crippen molar-refractivity contribution in [1.82, 2.24) is 14.9 Å². The third-order valence-electron chi connectivity index (χ3n) is 5.87. The summed E-state index contributed by atoms with van der Waals surface area (Å²) < 4.78 is 15.2. The van der Waals surface area contributed by atoms with Crippen LogP contribution in [0.5, 0.6) is 5.75 Å². The van der Waals surface area contributed by atoms with Crippen LogP contribution in [0.25, 0.3) is 10.9 Å². The number of rotatable bonds is 12. The third kappa shape index (κ3) is 6.29. The smallest absolute Gasteiger partial charge is 0.223 e. The van der Waals surface area contributed by atoms with E-state index in [-0.39, 0.29) is 17.0 Å². The summed E-state index contributed by atoms with van der Waals surface area (Å²) in [6.07, 6.45) is 8.56. The van der Waals surface area contributed by atoms with E-state index in [4.69, 9.17) is 0 Å². The van der Waals surface area contributed by atoms with Crippen molar-refractivity contribution in [1.29, 1.82) is 0 Å². The minimum absolute atomic E-state index is 0.161. The fraction of sp³-hybridized carbons (Fsp3) is 0.440. The standard InChI is InChI=1S/C25H33FN4O2/c1-18-15-24(31)25(32)23(30(18)2)17-27-12-7-5-3-4-6-8-13-28-21-11-14-29-22-16-19(26)9-10-20(21)22/h9-11,14-16,27,32H,3-8,12-13,17H2,1-2H3,(H,28,29). The highest BCUT2D eigenvalue weighted by Gasteiger charge is 2.10. The summed E-state index contributed by atoms with van der Waals surface area (Å²) in [6, 6.07) is 8.08. The number of hydrogen-bond acceptors (Lipinski definition) is 5. The van der Waals surface area contributed by atoms with Crippen molar-refractivity contribution in [3.8, 4) is 5.75 Å². The van der Waals surface area contributed by atoms with Gasteiger partial charge in [-0.25, -0.2) is 4.39 Å². The Morgan fingerprint density at radius 3 is 2.53 bits per heavy atom. The lowest BCUT2D eigenvalue weighted by atomic mass is 10.1. The molecule has 2 heterocycles.